The van der Waals surface area contributed by atoms with E-state index in [0.29, 0.717) is 10.7 Å². The molecule has 0 aliphatic rings. The highest BCUT2D eigenvalue weighted by atomic mass is 35.5. The van der Waals surface area contributed by atoms with Crippen molar-refractivity contribution in [1.82, 2.24) is 14.6 Å². The van der Waals surface area contributed by atoms with Gasteiger partial charge in [-0.3, -0.25) is 0 Å². The van der Waals surface area contributed by atoms with Crippen LogP contribution in [0.2, 0.25) is 5.02 Å². The van der Waals surface area contributed by atoms with Gasteiger partial charge in [-0.15, -0.1) is 0 Å². The van der Waals surface area contributed by atoms with Crippen molar-refractivity contribution >= 4 is 17.2 Å². The van der Waals surface area contributed by atoms with Crippen LogP contribution in [0.3, 0.4) is 0 Å². The van der Waals surface area contributed by atoms with Crippen molar-refractivity contribution in [3.8, 4) is 16.9 Å². The molecule has 0 bridgehead atoms. The minimum Gasteiger partial charge on any atom is -0.503 e. The third-order valence-corrected chi connectivity index (χ3v) is 2.73. The molecule has 0 radical (unpaired) electrons. The molecule has 0 unspecified atom stereocenters. The lowest BCUT2D eigenvalue weighted by molar-refractivity contribution is 0.480. The Hall–Kier alpha value is -2.07. The minimum absolute atomic E-state index is 0.0719. The number of aromatic hydroxyl groups is 1. The molecule has 0 aliphatic heterocycles. The minimum atomic E-state index is 0.0719. The molecule has 0 atom stereocenters. The fourth-order valence-corrected chi connectivity index (χ4v) is 1.87. The first-order valence-corrected chi connectivity index (χ1v) is 5.40. The molecule has 0 aliphatic carbocycles. The van der Waals surface area contributed by atoms with Crippen molar-refractivity contribution < 1.29 is 5.11 Å². The van der Waals surface area contributed by atoms with Crippen LogP contribution in [0.4, 0.5) is 0 Å². The fourth-order valence-electron chi connectivity index (χ4n) is 1.68. The molecule has 3 rings (SSSR count). The highest BCUT2D eigenvalue weighted by Gasteiger charge is 2.05. The summed E-state index contributed by atoms with van der Waals surface area (Å²) in [6.45, 7) is 0. The van der Waals surface area contributed by atoms with E-state index in [9.17, 15) is 5.11 Å². The second kappa shape index (κ2) is 3.75. The van der Waals surface area contributed by atoms with E-state index in [4.69, 9.17) is 11.6 Å². The zero-order valence-electron chi connectivity index (χ0n) is 8.71. The smallest absolute Gasteiger partial charge is 0.197 e. The molecule has 0 amide bonds. The maximum Gasteiger partial charge on any atom is 0.197 e. The van der Waals surface area contributed by atoms with E-state index in [1.54, 1.807) is 12.4 Å². The highest BCUT2D eigenvalue weighted by molar-refractivity contribution is 6.30. The van der Waals surface area contributed by atoms with E-state index >= 15 is 0 Å². The van der Waals surface area contributed by atoms with E-state index < -0.39 is 0 Å². The second-order valence-corrected chi connectivity index (χ2v) is 4.09. The van der Waals surface area contributed by atoms with Crippen LogP contribution in [0.25, 0.3) is 16.8 Å². The van der Waals surface area contributed by atoms with Gasteiger partial charge >= 0.3 is 0 Å². The number of halogens is 1. The summed E-state index contributed by atoms with van der Waals surface area (Å²) in [4.78, 5) is 4.15. The molecule has 1 aromatic carbocycles. The average molecular weight is 246 g/mol. The maximum atomic E-state index is 9.45. The van der Waals surface area contributed by atoms with E-state index in [2.05, 4.69) is 10.1 Å². The molecule has 1 N–H and O–H groups in total. The summed E-state index contributed by atoms with van der Waals surface area (Å²) in [5.74, 6) is 0.0719. The number of aromatic nitrogens is 3. The third kappa shape index (κ3) is 1.72. The lowest BCUT2D eigenvalue weighted by atomic mass is 10.1. The quantitative estimate of drug-likeness (QED) is 0.717. The number of rotatable bonds is 1. The van der Waals surface area contributed by atoms with Gasteiger partial charge in [0, 0.05) is 23.0 Å². The van der Waals surface area contributed by atoms with Crippen LogP contribution in [0.5, 0.6) is 5.75 Å². The number of benzene rings is 1. The molecule has 2 heterocycles. The highest BCUT2D eigenvalue weighted by Crippen LogP contribution is 2.23. The van der Waals surface area contributed by atoms with Crippen LogP contribution < -0.4 is 0 Å². The van der Waals surface area contributed by atoms with Crippen molar-refractivity contribution in [1.29, 1.82) is 0 Å². The Labute approximate surface area is 102 Å². The van der Waals surface area contributed by atoms with Gasteiger partial charge in [-0.1, -0.05) is 23.7 Å². The van der Waals surface area contributed by atoms with Gasteiger partial charge in [0.15, 0.2) is 11.4 Å². The summed E-state index contributed by atoms with van der Waals surface area (Å²) in [7, 11) is 0. The average Bonchev–Trinajstić information content (AvgIpc) is 2.71. The van der Waals surface area contributed by atoms with E-state index in [1.165, 1.54) is 10.7 Å². The van der Waals surface area contributed by atoms with Gasteiger partial charge in [0.05, 0.1) is 6.20 Å². The number of hydrogen-bond donors (Lipinski definition) is 1. The Morgan fingerprint density at radius 2 is 2.06 bits per heavy atom. The third-order valence-electron chi connectivity index (χ3n) is 2.50. The number of hydrogen-bond acceptors (Lipinski definition) is 3. The summed E-state index contributed by atoms with van der Waals surface area (Å²) in [6, 6.07) is 7.49. The monoisotopic (exact) mass is 245 g/mol. The predicted molar refractivity (Wildman–Crippen MR) is 65.1 cm³/mol. The van der Waals surface area contributed by atoms with Crippen LogP contribution >= 0.6 is 11.6 Å². The number of nitrogens with zero attached hydrogens (tertiary/aromatic N) is 3. The Bertz CT molecular complexity index is 693. The van der Waals surface area contributed by atoms with E-state index in [1.807, 2.05) is 24.3 Å². The van der Waals surface area contributed by atoms with Gasteiger partial charge in [-0.05, 0) is 17.7 Å². The zero-order chi connectivity index (χ0) is 11.8. The van der Waals surface area contributed by atoms with Crippen molar-refractivity contribution in [3.05, 3.63) is 47.9 Å². The largest absolute Gasteiger partial charge is 0.503 e. The van der Waals surface area contributed by atoms with Gasteiger partial charge in [-0.2, -0.15) is 5.10 Å². The molecule has 0 spiro atoms. The molecular formula is C12H8ClN3O. The fraction of sp³-hybridized carbons (Fsp3) is 0. The van der Waals surface area contributed by atoms with Crippen LogP contribution in [0, 0.1) is 0 Å². The zero-order valence-corrected chi connectivity index (χ0v) is 9.46. The second-order valence-electron chi connectivity index (χ2n) is 3.65. The lowest BCUT2D eigenvalue weighted by Gasteiger charge is -2.02. The topological polar surface area (TPSA) is 50.4 Å². The molecule has 5 heteroatoms. The normalized spacial score (nSPS) is 10.9. The summed E-state index contributed by atoms with van der Waals surface area (Å²) in [5, 5.41) is 14.1. The van der Waals surface area contributed by atoms with Gasteiger partial charge in [0.2, 0.25) is 0 Å². The Morgan fingerprint density at radius 3 is 2.88 bits per heavy atom. The molecule has 17 heavy (non-hydrogen) atoms. The Kier molecular flexibility index (Phi) is 2.23. The first-order valence-electron chi connectivity index (χ1n) is 5.02. The summed E-state index contributed by atoms with van der Waals surface area (Å²) in [5.41, 5.74) is 2.29. The van der Waals surface area contributed by atoms with Gasteiger partial charge in [0.25, 0.3) is 0 Å². The SMILES string of the molecule is Oc1cnn2cc(-c3cccc(Cl)c3)cnc12. The molecule has 0 saturated carbocycles. The Balaban J connectivity index is 2.18. The van der Waals surface area contributed by atoms with E-state index in [-0.39, 0.29) is 5.75 Å². The van der Waals surface area contributed by atoms with Crippen molar-refractivity contribution in [2.24, 2.45) is 0 Å². The molecule has 0 fully saturated rings. The summed E-state index contributed by atoms with van der Waals surface area (Å²) in [6.07, 6.45) is 4.85. The van der Waals surface area contributed by atoms with Crippen LogP contribution in [0.15, 0.2) is 42.9 Å². The van der Waals surface area contributed by atoms with Crippen LogP contribution in [0.1, 0.15) is 0 Å². The maximum absolute atomic E-state index is 9.45. The van der Waals surface area contributed by atoms with Crippen LogP contribution in [-0.2, 0) is 0 Å². The van der Waals surface area contributed by atoms with Gasteiger partial charge in [0.1, 0.15) is 0 Å². The molecule has 0 saturated heterocycles. The summed E-state index contributed by atoms with van der Waals surface area (Å²) >= 11 is 5.93. The molecule has 2 aromatic heterocycles. The first kappa shape index (κ1) is 10.1. The van der Waals surface area contributed by atoms with Crippen molar-refractivity contribution in [2.45, 2.75) is 0 Å². The van der Waals surface area contributed by atoms with Crippen LogP contribution in [-0.4, -0.2) is 19.7 Å². The summed E-state index contributed by atoms with van der Waals surface area (Å²) < 4.78 is 1.53. The first-order chi connectivity index (χ1) is 8.24. The van der Waals surface area contributed by atoms with E-state index in [0.717, 1.165) is 11.1 Å². The standard InChI is InChI=1S/C12H8ClN3O/c13-10-3-1-2-8(4-10)9-5-14-12-11(17)6-15-16(12)7-9/h1-7,17H. The molecular weight excluding hydrogens is 238 g/mol. The lowest BCUT2D eigenvalue weighted by Crippen LogP contribution is -1.91. The molecule has 3 aromatic rings. The van der Waals surface area contributed by atoms with Gasteiger partial charge in [-0.25, -0.2) is 9.50 Å². The van der Waals surface area contributed by atoms with Gasteiger partial charge < -0.3 is 5.11 Å². The Morgan fingerprint density at radius 1 is 1.18 bits per heavy atom. The molecule has 84 valence electrons. The molecule has 4 nitrogen and oxygen atoms in total. The van der Waals surface area contributed by atoms with Crippen molar-refractivity contribution in [3.63, 3.8) is 0 Å². The predicted octanol–water partition coefficient (Wildman–Crippen LogP) is 2.76. The number of fused-ring (bicyclic) bond motifs is 1. The van der Waals surface area contributed by atoms with Crippen molar-refractivity contribution in [2.75, 3.05) is 0 Å².